The molecule has 6 nitrogen and oxygen atoms in total. The first-order valence-corrected chi connectivity index (χ1v) is 10.3. The summed E-state index contributed by atoms with van der Waals surface area (Å²) in [5, 5.41) is 0. The van der Waals surface area contributed by atoms with E-state index in [1.54, 1.807) is 49.4 Å². The quantitative estimate of drug-likeness (QED) is 0.790. The zero-order chi connectivity index (χ0) is 19.4. The van der Waals surface area contributed by atoms with Crippen LogP contribution in [-0.2, 0) is 14.8 Å². The van der Waals surface area contributed by atoms with Gasteiger partial charge in [-0.15, -0.1) is 0 Å². The molecule has 1 saturated heterocycles. The standard InChI is InChI=1S/C20H24N2O4S/c1-21(17-8-10-18(26-2)11-9-17)20(23)16-12-14-22(15-13-16)27(24,25)19-6-4-3-5-7-19/h3-11,16H,12-15H2,1-2H3. The van der Waals surface area contributed by atoms with Crippen molar-refractivity contribution < 1.29 is 17.9 Å². The van der Waals surface area contributed by atoms with Crippen molar-refractivity contribution in [3.05, 3.63) is 54.6 Å². The number of ether oxygens (including phenoxy) is 1. The van der Waals surface area contributed by atoms with Crippen LogP contribution in [0.25, 0.3) is 0 Å². The fourth-order valence-corrected chi connectivity index (χ4v) is 4.78. The maximum atomic E-state index is 12.8. The zero-order valence-electron chi connectivity index (χ0n) is 15.5. The third-order valence-electron chi connectivity index (χ3n) is 4.97. The van der Waals surface area contributed by atoms with Gasteiger partial charge in [0.25, 0.3) is 0 Å². The van der Waals surface area contributed by atoms with E-state index in [2.05, 4.69) is 0 Å². The number of carbonyl (C=O) groups excluding carboxylic acids is 1. The fraction of sp³-hybridized carbons (Fsp3) is 0.350. The second kappa shape index (κ2) is 8.10. The lowest BCUT2D eigenvalue weighted by molar-refractivity contribution is -0.123. The summed E-state index contributed by atoms with van der Waals surface area (Å²) in [6, 6.07) is 15.7. The van der Waals surface area contributed by atoms with Crippen molar-refractivity contribution in [2.24, 2.45) is 5.92 Å². The maximum Gasteiger partial charge on any atom is 0.243 e. The number of nitrogens with zero attached hydrogens (tertiary/aromatic N) is 2. The number of piperidine rings is 1. The molecule has 2 aromatic rings. The highest BCUT2D eigenvalue weighted by Gasteiger charge is 2.33. The molecular weight excluding hydrogens is 364 g/mol. The molecule has 0 aliphatic carbocycles. The van der Waals surface area contributed by atoms with Crippen molar-refractivity contribution in [2.75, 3.05) is 32.1 Å². The van der Waals surface area contributed by atoms with Crippen molar-refractivity contribution >= 4 is 21.6 Å². The Morgan fingerprint density at radius 3 is 2.19 bits per heavy atom. The van der Waals surface area contributed by atoms with E-state index in [9.17, 15) is 13.2 Å². The van der Waals surface area contributed by atoms with E-state index in [1.165, 1.54) is 4.31 Å². The van der Waals surface area contributed by atoms with Gasteiger partial charge in [-0.25, -0.2) is 8.42 Å². The highest BCUT2D eigenvalue weighted by molar-refractivity contribution is 7.89. The van der Waals surface area contributed by atoms with Crippen LogP contribution >= 0.6 is 0 Å². The topological polar surface area (TPSA) is 66.9 Å². The SMILES string of the molecule is COc1ccc(N(C)C(=O)C2CCN(S(=O)(=O)c3ccccc3)CC2)cc1. The molecule has 7 heteroatoms. The Balaban J connectivity index is 1.63. The van der Waals surface area contributed by atoms with E-state index >= 15 is 0 Å². The smallest absolute Gasteiger partial charge is 0.243 e. The summed E-state index contributed by atoms with van der Waals surface area (Å²) in [6.07, 6.45) is 1.04. The molecule has 1 aliphatic rings. The summed E-state index contributed by atoms with van der Waals surface area (Å²) in [4.78, 5) is 14.7. The van der Waals surface area contributed by atoms with E-state index < -0.39 is 10.0 Å². The third-order valence-corrected chi connectivity index (χ3v) is 6.89. The minimum absolute atomic E-state index is 0.0110. The molecule has 0 bridgehead atoms. The zero-order valence-corrected chi connectivity index (χ0v) is 16.4. The number of carbonyl (C=O) groups is 1. The number of hydrogen-bond donors (Lipinski definition) is 0. The normalized spacial score (nSPS) is 16.1. The van der Waals surface area contributed by atoms with Gasteiger partial charge in [-0.3, -0.25) is 4.79 Å². The average molecular weight is 388 g/mol. The van der Waals surface area contributed by atoms with E-state index in [-0.39, 0.29) is 11.8 Å². The Labute approximate surface area is 160 Å². The summed E-state index contributed by atoms with van der Waals surface area (Å²) in [5.41, 5.74) is 0.792. The molecular formula is C20H24N2O4S. The van der Waals surface area contributed by atoms with Crippen molar-refractivity contribution in [1.29, 1.82) is 0 Å². The van der Waals surface area contributed by atoms with Gasteiger partial charge < -0.3 is 9.64 Å². The molecule has 1 heterocycles. The van der Waals surface area contributed by atoms with Crippen LogP contribution in [0.5, 0.6) is 5.75 Å². The van der Waals surface area contributed by atoms with Crippen LogP contribution in [-0.4, -0.2) is 45.9 Å². The van der Waals surface area contributed by atoms with Gasteiger partial charge in [-0.05, 0) is 49.2 Å². The van der Waals surface area contributed by atoms with E-state index in [1.807, 2.05) is 24.3 Å². The van der Waals surface area contributed by atoms with Crippen LogP contribution in [0.1, 0.15) is 12.8 Å². The summed E-state index contributed by atoms with van der Waals surface area (Å²) < 4.78 is 32.0. The Bertz CT molecular complexity index is 874. The fourth-order valence-electron chi connectivity index (χ4n) is 3.29. The number of benzene rings is 2. The molecule has 1 aliphatic heterocycles. The van der Waals surface area contributed by atoms with Crippen molar-refractivity contribution in [3.8, 4) is 5.75 Å². The lowest BCUT2D eigenvalue weighted by atomic mass is 9.96. The number of hydrogen-bond acceptors (Lipinski definition) is 4. The van der Waals surface area contributed by atoms with Crippen molar-refractivity contribution in [2.45, 2.75) is 17.7 Å². The van der Waals surface area contributed by atoms with Crippen LogP contribution in [0.4, 0.5) is 5.69 Å². The summed E-state index contributed by atoms with van der Waals surface area (Å²) in [5.74, 6) is 0.565. The first-order chi connectivity index (χ1) is 12.9. The molecule has 0 saturated carbocycles. The number of rotatable bonds is 5. The van der Waals surface area contributed by atoms with E-state index in [0.717, 1.165) is 11.4 Å². The first-order valence-electron chi connectivity index (χ1n) is 8.90. The van der Waals surface area contributed by atoms with Gasteiger partial charge in [-0.1, -0.05) is 18.2 Å². The predicted octanol–water partition coefficient (Wildman–Crippen LogP) is 2.76. The summed E-state index contributed by atoms with van der Waals surface area (Å²) in [6.45, 7) is 0.703. The monoisotopic (exact) mass is 388 g/mol. The minimum atomic E-state index is -3.50. The predicted molar refractivity (Wildman–Crippen MR) is 104 cm³/mol. The van der Waals surface area contributed by atoms with Gasteiger partial charge in [0.1, 0.15) is 5.75 Å². The van der Waals surface area contributed by atoms with Gasteiger partial charge in [0.2, 0.25) is 15.9 Å². The van der Waals surface area contributed by atoms with Crippen LogP contribution < -0.4 is 9.64 Å². The Kier molecular flexibility index (Phi) is 5.82. The highest BCUT2D eigenvalue weighted by atomic mass is 32.2. The molecule has 0 radical (unpaired) electrons. The van der Waals surface area contributed by atoms with E-state index in [4.69, 9.17) is 4.74 Å². The highest BCUT2D eigenvalue weighted by Crippen LogP contribution is 2.27. The molecule has 0 spiro atoms. The molecule has 27 heavy (non-hydrogen) atoms. The molecule has 0 N–H and O–H groups in total. The van der Waals surface area contributed by atoms with Crippen molar-refractivity contribution in [1.82, 2.24) is 4.31 Å². The number of methoxy groups -OCH3 is 1. The number of anilines is 1. The van der Waals surface area contributed by atoms with Crippen LogP contribution in [0.2, 0.25) is 0 Å². The van der Waals surface area contributed by atoms with Gasteiger partial charge in [0.05, 0.1) is 12.0 Å². The van der Waals surface area contributed by atoms with Crippen molar-refractivity contribution in [3.63, 3.8) is 0 Å². The van der Waals surface area contributed by atoms with Crippen LogP contribution in [0, 0.1) is 5.92 Å². The molecule has 2 aromatic carbocycles. The lowest BCUT2D eigenvalue weighted by Crippen LogP contribution is -2.43. The van der Waals surface area contributed by atoms with Gasteiger partial charge in [-0.2, -0.15) is 4.31 Å². The molecule has 0 unspecified atom stereocenters. The second-order valence-electron chi connectivity index (χ2n) is 6.59. The maximum absolute atomic E-state index is 12.8. The molecule has 0 aromatic heterocycles. The first kappa shape index (κ1) is 19.4. The van der Waals surface area contributed by atoms with E-state index in [0.29, 0.717) is 30.8 Å². The van der Waals surface area contributed by atoms with Gasteiger partial charge in [0, 0.05) is 31.7 Å². The van der Waals surface area contributed by atoms with Crippen LogP contribution in [0.15, 0.2) is 59.5 Å². The van der Waals surface area contributed by atoms with Gasteiger partial charge in [0.15, 0.2) is 0 Å². The Morgan fingerprint density at radius 2 is 1.63 bits per heavy atom. The van der Waals surface area contributed by atoms with Crippen LogP contribution in [0.3, 0.4) is 0 Å². The minimum Gasteiger partial charge on any atom is -0.497 e. The molecule has 3 rings (SSSR count). The lowest BCUT2D eigenvalue weighted by Gasteiger charge is -2.32. The molecule has 1 fully saturated rings. The number of amides is 1. The third kappa shape index (κ3) is 4.14. The Hall–Kier alpha value is -2.38. The average Bonchev–Trinajstić information content (AvgIpc) is 2.73. The molecule has 0 atom stereocenters. The largest absolute Gasteiger partial charge is 0.497 e. The van der Waals surface area contributed by atoms with Gasteiger partial charge >= 0.3 is 0 Å². The summed E-state index contributed by atoms with van der Waals surface area (Å²) in [7, 11) is -0.151. The summed E-state index contributed by atoms with van der Waals surface area (Å²) >= 11 is 0. The Morgan fingerprint density at radius 1 is 1.04 bits per heavy atom. The molecule has 144 valence electrons. The molecule has 1 amide bonds. The number of sulfonamides is 1. The second-order valence-corrected chi connectivity index (χ2v) is 8.52.